The van der Waals surface area contributed by atoms with Crippen LogP contribution in [0.25, 0.3) is 0 Å². The minimum atomic E-state index is -0.744. The maximum atomic E-state index is 13.3. The number of carbonyl (C=O) groups excluding carboxylic acids is 2. The molecule has 0 aromatic heterocycles. The standard InChI is InChI=1S/C16H12BrFO4/c17-12-5-3-4-11(8-12)14(19)9-22-16(20)10-21-15-7-2-1-6-13(15)18/h1-8H,9-10H2. The van der Waals surface area contributed by atoms with Crippen LogP contribution in [0.1, 0.15) is 10.4 Å². The Kier molecular flexibility index (Phi) is 5.66. The van der Waals surface area contributed by atoms with E-state index in [1.54, 1.807) is 30.3 Å². The van der Waals surface area contributed by atoms with Crippen molar-refractivity contribution in [1.82, 2.24) is 0 Å². The van der Waals surface area contributed by atoms with Gasteiger partial charge in [-0.3, -0.25) is 4.79 Å². The van der Waals surface area contributed by atoms with Crippen molar-refractivity contribution < 1.29 is 23.5 Å². The van der Waals surface area contributed by atoms with Gasteiger partial charge in [-0.2, -0.15) is 0 Å². The monoisotopic (exact) mass is 366 g/mol. The zero-order valence-corrected chi connectivity index (χ0v) is 13.0. The summed E-state index contributed by atoms with van der Waals surface area (Å²) in [4.78, 5) is 23.3. The highest BCUT2D eigenvalue weighted by Crippen LogP contribution is 2.15. The van der Waals surface area contributed by atoms with Crippen molar-refractivity contribution in [2.24, 2.45) is 0 Å². The van der Waals surface area contributed by atoms with Gasteiger partial charge in [0.15, 0.2) is 30.6 Å². The van der Waals surface area contributed by atoms with Gasteiger partial charge in [0.1, 0.15) is 0 Å². The van der Waals surface area contributed by atoms with Gasteiger partial charge in [0.25, 0.3) is 0 Å². The van der Waals surface area contributed by atoms with Crippen molar-refractivity contribution in [1.29, 1.82) is 0 Å². The quantitative estimate of drug-likeness (QED) is 0.580. The van der Waals surface area contributed by atoms with Gasteiger partial charge in [-0.05, 0) is 24.3 Å². The number of rotatable bonds is 6. The summed E-state index contributed by atoms with van der Waals surface area (Å²) in [6.45, 7) is -0.859. The largest absolute Gasteiger partial charge is 0.479 e. The fourth-order valence-corrected chi connectivity index (χ4v) is 2.03. The predicted molar refractivity (Wildman–Crippen MR) is 81.3 cm³/mol. The molecular formula is C16H12BrFO4. The zero-order valence-electron chi connectivity index (χ0n) is 11.4. The summed E-state index contributed by atoms with van der Waals surface area (Å²) in [6.07, 6.45) is 0. The van der Waals surface area contributed by atoms with Gasteiger partial charge in [-0.25, -0.2) is 9.18 Å². The highest BCUT2D eigenvalue weighted by Gasteiger charge is 2.11. The number of carbonyl (C=O) groups is 2. The maximum Gasteiger partial charge on any atom is 0.344 e. The summed E-state index contributed by atoms with van der Waals surface area (Å²) in [5.74, 6) is -1.69. The van der Waals surface area contributed by atoms with Crippen LogP contribution in [0.4, 0.5) is 4.39 Å². The second-order valence-electron chi connectivity index (χ2n) is 4.31. The smallest absolute Gasteiger partial charge is 0.344 e. The van der Waals surface area contributed by atoms with Crippen molar-refractivity contribution in [3.8, 4) is 5.75 Å². The first-order valence-corrected chi connectivity index (χ1v) is 7.17. The van der Waals surface area contributed by atoms with Crippen molar-refractivity contribution in [3.63, 3.8) is 0 Å². The molecule has 0 radical (unpaired) electrons. The third kappa shape index (κ3) is 4.66. The molecule has 0 fully saturated rings. The summed E-state index contributed by atoms with van der Waals surface area (Å²) < 4.78 is 23.8. The average molecular weight is 367 g/mol. The number of esters is 1. The van der Waals surface area contributed by atoms with Crippen molar-refractivity contribution in [3.05, 3.63) is 64.4 Å². The van der Waals surface area contributed by atoms with E-state index < -0.39 is 25.0 Å². The molecule has 0 heterocycles. The third-order valence-electron chi connectivity index (χ3n) is 2.69. The number of para-hydroxylation sites is 1. The second kappa shape index (κ2) is 7.70. The van der Waals surface area contributed by atoms with Gasteiger partial charge in [-0.1, -0.05) is 40.2 Å². The molecule has 0 aliphatic rings. The molecular weight excluding hydrogens is 355 g/mol. The van der Waals surface area contributed by atoms with Gasteiger partial charge in [0, 0.05) is 10.0 Å². The Hall–Kier alpha value is -2.21. The second-order valence-corrected chi connectivity index (χ2v) is 5.23. The Morgan fingerprint density at radius 3 is 2.55 bits per heavy atom. The molecule has 2 rings (SSSR count). The highest BCUT2D eigenvalue weighted by molar-refractivity contribution is 9.10. The SMILES string of the molecule is O=C(COc1ccccc1F)OCC(=O)c1cccc(Br)c1. The number of ketones is 1. The van der Waals surface area contributed by atoms with E-state index in [0.29, 0.717) is 5.56 Å². The molecule has 2 aromatic carbocycles. The fraction of sp³-hybridized carbons (Fsp3) is 0.125. The molecule has 0 spiro atoms. The van der Waals surface area contributed by atoms with Gasteiger partial charge in [-0.15, -0.1) is 0 Å². The lowest BCUT2D eigenvalue weighted by molar-refractivity contribution is -0.144. The van der Waals surface area contributed by atoms with Crippen LogP contribution in [-0.2, 0) is 9.53 Å². The molecule has 0 amide bonds. The van der Waals surface area contributed by atoms with Crippen LogP contribution in [0.3, 0.4) is 0 Å². The lowest BCUT2D eigenvalue weighted by Gasteiger charge is -2.07. The molecule has 4 nitrogen and oxygen atoms in total. The van der Waals surface area contributed by atoms with E-state index in [-0.39, 0.29) is 11.5 Å². The normalized spacial score (nSPS) is 10.1. The van der Waals surface area contributed by atoms with Gasteiger partial charge in [0.05, 0.1) is 0 Å². The molecule has 0 unspecified atom stereocenters. The van der Waals surface area contributed by atoms with E-state index in [4.69, 9.17) is 9.47 Å². The highest BCUT2D eigenvalue weighted by atomic mass is 79.9. The topological polar surface area (TPSA) is 52.6 Å². The van der Waals surface area contributed by atoms with Crippen LogP contribution in [0, 0.1) is 5.82 Å². The van der Waals surface area contributed by atoms with E-state index >= 15 is 0 Å². The van der Waals surface area contributed by atoms with Crippen LogP contribution in [-0.4, -0.2) is 25.0 Å². The minimum Gasteiger partial charge on any atom is -0.479 e. The summed E-state index contributed by atoms with van der Waals surface area (Å²) >= 11 is 3.25. The Bertz CT molecular complexity index is 687. The maximum absolute atomic E-state index is 13.3. The lowest BCUT2D eigenvalue weighted by Crippen LogP contribution is -2.19. The van der Waals surface area contributed by atoms with Crippen LogP contribution in [0.15, 0.2) is 53.0 Å². The van der Waals surface area contributed by atoms with Crippen LogP contribution >= 0.6 is 15.9 Å². The zero-order chi connectivity index (χ0) is 15.9. The molecule has 0 aliphatic heterocycles. The average Bonchev–Trinajstić information content (AvgIpc) is 2.52. The van der Waals surface area contributed by atoms with E-state index in [0.717, 1.165) is 4.47 Å². The first-order chi connectivity index (χ1) is 10.6. The summed E-state index contributed by atoms with van der Waals surface area (Å²) in [5.41, 5.74) is 0.428. The number of halogens is 2. The number of benzene rings is 2. The Morgan fingerprint density at radius 2 is 1.82 bits per heavy atom. The lowest BCUT2D eigenvalue weighted by atomic mass is 10.1. The molecule has 0 atom stereocenters. The Balaban J connectivity index is 1.81. The molecule has 6 heteroatoms. The number of Topliss-reactive ketones (excluding diaryl/α,β-unsaturated/α-hetero) is 1. The van der Waals surface area contributed by atoms with Gasteiger partial charge < -0.3 is 9.47 Å². The van der Waals surface area contributed by atoms with E-state index in [1.165, 1.54) is 18.2 Å². The van der Waals surface area contributed by atoms with Crippen LogP contribution in [0.2, 0.25) is 0 Å². The minimum absolute atomic E-state index is 0.0437. The summed E-state index contributed by atoms with van der Waals surface area (Å²) in [6, 6.07) is 12.5. The van der Waals surface area contributed by atoms with Gasteiger partial charge >= 0.3 is 5.97 Å². The van der Waals surface area contributed by atoms with Crippen LogP contribution in [0.5, 0.6) is 5.75 Å². The Morgan fingerprint density at radius 1 is 1.05 bits per heavy atom. The number of hydrogen-bond acceptors (Lipinski definition) is 4. The van der Waals surface area contributed by atoms with Crippen molar-refractivity contribution >= 4 is 27.7 Å². The fourth-order valence-electron chi connectivity index (χ4n) is 1.63. The molecule has 2 aromatic rings. The molecule has 22 heavy (non-hydrogen) atoms. The van der Waals surface area contributed by atoms with Crippen molar-refractivity contribution in [2.75, 3.05) is 13.2 Å². The third-order valence-corrected chi connectivity index (χ3v) is 3.19. The first-order valence-electron chi connectivity index (χ1n) is 6.38. The molecule has 0 N–H and O–H groups in total. The molecule has 0 aliphatic carbocycles. The van der Waals surface area contributed by atoms with E-state index in [2.05, 4.69) is 15.9 Å². The Labute approximate surface area is 135 Å². The molecule has 0 saturated carbocycles. The van der Waals surface area contributed by atoms with E-state index in [1.807, 2.05) is 0 Å². The first kappa shape index (κ1) is 16.2. The predicted octanol–water partition coefficient (Wildman–Crippen LogP) is 3.39. The molecule has 0 saturated heterocycles. The van der Waals surface area contributed by atoms with Gasteiger partial charge in [0.2, 0.25) is 0 Å². The number of hydrogen-bond donors (Lipinski definition) is 0. The number of ether oxygens (including phenoxy) is 2. The molecule has 0 bridgehead atoms. The van der Waals surface area contributed by atoms with Crippen molar-refractivity contribution in [2.45, 2.75) is 0 Å². The summed E-state index contributed by atoms with van der Waals surface area (Å²) in [7, 11) is 0. The summed E-state index contributed by atoms with van der Waals surface area (Å²) in [5, 5.41) is 0. The van der Waals surface area contributed by atoms with Crippen LogP contribution < -0.4 is 4.74 Å². The molecule has 114 valence electrons. The van der Waals surface area contributed by atoms with E-state index in [9.17, 15) is 14.0 Å².